The number of hydrogen-bond donors (Lipinski definition) is 2. The number of carboxylic acids is 2. The minimum absolute atomic E-state index is 0.0948. The van der Waals surface area contributed by atoms with Crippen LogP contribution in [0.3, 0.4) is 0 Å². The fraction of sp³-hybridized carbons (Fsp3) is 0.393. The number of carbonyl (C=O) groups is 5. The molecule has 1 aliphatic carbocycles. The molecule has 1 saturated carbocycles. The molecule has 0 bridgehead atoms. The van der Waals surface area contributed by atoms with Crippen molar-refractivity contribution in [2.24, 2.45) is 10.8 Å². The van der Waals surface area contributed by atoms with Gasteiger partial charge >= 0.3 is 17.9 Å². The summed E-state index contributed by atoms with van der Waals surface area (Å²) in [6, 6.07) is 7.69. The highest BCUT2D eigenvalue weighted by Gasteiger charge is 2.50. The molecule has 2 aromatic carbocycles. The monoisotopic (exact) mass is 577 g/mol. The van der Waals surface area contributed by atoms with Crippen molar-refractivity contribution in [3.8, 4) is 0 Å². The zero-order chi connectivity index (χ0) is 29.3. The third kappa shape index (κ3) is 6.96. The molecule has 0 unspecified atom stereocenters. The Morgan fingerprint density at radius 3 is 1.90 bits per heavy atom. The molecule has 1 aliphatic rings. The van der Waals surface area contributed by atoms with Crippen molar-refractivity contribution >= 4 is 58.5 Å². The largest absolute Gasteiger partial charge is 0.478 e. The summed E-state index contributed by atoms with van der Waals surface area (Å²) in [6.07, 6.45) is 0.185. The SMILES string of the molecule is CC1(C)CCC(C)(C)C1OC(=O)C(=O)CC(=O)N(Cc1ccc(Cl)c(Cl)c1)c1cc(C(=O)O)cc(C(=O)O)c1. The quantitative estimate of drug-likeness (QED) is 0.222. The van der Waals surface area contributed by atoms with E-state index in [1.54, 1.807) is 6.07 Å². The van der Waals surface area contributed by atoms with Crippen molar-refractivity contribution in [1.82, 2.24) is 0 Å². The number of rotatable bonds is 9. The number of halogens is 2. The molecule has 0 heterocycles. The van der Waals surface area contributed by atoms with Crippen molar-refractivity contribution in [1.29, 1.82) is 0 Å². The maximum Gasteiger partial charge on any atom is 0.375 e. The molecule has 208 valence electrons. The fourth-order valence-electron chi connectivity index (χ4n) is 4.92. The van der Waals surface area contributed by atoms with Crippen LogP contribution in [0.15, 0.2) is 36.4 Å². The van der Waals surface area contributed by atoms with Gasteiger partial charge in [-0.2, -0.15) is 0 Å². The number of ether oxygens (including phenoxy) is 1. The van der Waals surface area contributed by atoms with Crippen molar-refractivity contribution in [2.45, 2.75) is 59.6 Å². The number of benzene rings is 2. The van der Waals surface area contributed by atoms with Crippen LogP contribution in [-0.4, -0.2) is 45.9 Å². The number of hydrogen-bond acceptors (Lipinski definition) is 6. The Bertz CT molecular complexity index is 1300. The first-order valence-electron chi connectivity index (χ1n) is 12.1. The normalized spacial score (nSPS) is 15.9. The van der Waals surface area contributed by atoms with Gasteiger partial charge in [-0.05, 0) is 48.7 Å². The lowest BCUT2D eigenvalue weighted by Crippen LogP contribution is -2.41. The fourth-order valence-corrected chi connectivity index (χ4v) is 5.24. The van der Waals surface area contributed by atoms with E-state index < -0.39 is 42.1 Å². The van der Waals surface area contributed by atoms with Crippen LogP contribution in [0.4, 0.5) is 5.69 Å². The summed E-state index contributed by atoms with van der Waals surface area (Å²) in [5, 5.41) is 19.4. The summed E-state index contributed by atoms with van der Waals surface area (Å²) in [5.41, 5.74) is -1.11. The Hall–Kier alpha value is -3.43. The number of nitrogens with zero attached hydrogens (tertiary/aromatic N) is 1. The van der Waals surface area contributed by atoms with E-state index in [0.717, 1.165) is 35.9 Å². The van der Waals surface area contributed by atoms with Gasteiger partial charge in [-0.1, -0.05) is 57.0 Å². The lowest BCUT2D eigenvalue weighted by Gasteiger charge is -2.34. The van der Waals surface area contributed by atoms with Crippen molar-refractivity contribution < 1.29 is 38.9 Å². The molecule has 9 nitrogen and oxygen atoms in total. The Labute approximate surface area is 235 Å². The molecule has 1 amide bonds. The van der Waals surface area contributed by atoms with Crippen molar-refractivity contribution in [3.05, 3.63) is 63.1 Å². The van der Waals surface area contributed by atoms with Crippen LogP contribution in [0, 0.1) is 10.8 Å². The lowest BCUT2D eigenvalue weighted by molar-refractivity contribution is -0.166. The first-order valence-corrected chi connectivity index (χ1v) is 12.9. The molecular weight excluding hydrogens is 549 g/mol. The van der Waals surface area contributed by atoms with E-state index >= 15 is 0 Å². The highest BCUT2D eigenvalue weighted by molar-refractivity contribution is 6.42. The van der Waals surface area contributed by atoms with Gasteiger partial charge in [-0.25, -0.2) is 14.4 Å². The Morgan fingerprint density at radius 2 is 1.41 bits per heavy atom. The second-order valence-electron chi connectivity index (χ2n) is 11.0. The molecule has 0 aromatic heterocycles. The number of esters is 1. The summed E-state index contributed by atoms with van der Waals surface area (Å²) < 4.78 is 5.59. The van der Waals surface area contributed by atoms with Crippen molar-refractivity contribution in [3.63, 3.8) is 0 Å². The zero-order valence-electron chi connectivity index (χ0n) is 21.9. The maximum absolute atomic E-state index is 13.4. The topological polar surface area (TPSA) is 138 Å². The number of ketones is 1. The van der Waals surface area contributed by atoms with Gasteiger partial charge in [-0.15, -0.1) is 0 Å². The maximum atomic E-state index is 13.4. The number of Topliss-reactive ketones (excluding diaryl/α,β-unsaturated/α-hetero) is 1. The number of carboxylic acid groups (broad SMARTS) is 2. The molecule has 0 spiro atoms. The number of amides is 1. The Balaban J connectivity index is 1.93. The van der Waals surface area contributed by atoms with Crippen LogP contribution < -0.4 is 4.90 Å². The Morgan fingerprint density at radius 1 is 0.872 bits per heavy atom. The standard InChI is InChI=1S/C28H29Cl2NO8/c1-27(2)7-8-28(3,4)26(27)39-25(38)21(32)13-22(33)31(14-15-5-6-19(29)20(30)9-15)18-11-16(23(34)35)10-17(12-18)24(36)37/h5-6,9-12,26H,7-8,13-14H2,1-4H3,(H,34,35)(H,36,37). The predicted octanol–water partition coefficient (Wildman–Crippen LogP) is 5.64. The van der Waals surface area contributed by atoms with Crippen LogP contribution in [0.5, 0.6) is 0 Å². The van der Waals surface area contributed by atoms with Crippen LogP contribution in [0.2, 0.25) is 10.0 Å². The molecule has 3 rings (SSSR count). The number of carbonyl (C=O) groups excluding carboxylic acids is 3. The smallest absolute Gasteiger partial charge is 0.375 e. The second kappa shape index (κ2) is 11.4. The van der Waals surface area contributed by atoms with E-state index in [-0.39, 0.29) is 44.2 Å². The average molecular weight is 578 g/mol. The van der Waals surface area contributed by atoms with Crippen LogP contribution >= 0.6 is 23.2 Å². The molecule has 0 radical (unpaired) electrons. The van der Waals surface area contributed by atoms with E-state index in [1.165, 1.54) is 12.1 Å². The molecule has 11 heteroatoms. The summed E-state index contributed by atoms with van der Waals surface area (Å²) in [7, 11) is 0. The lowest BCUT2D eigenvalue weighted by atomic mass is 9.81. The summed E-state index contributed by atoms with van der Waals surface area (Å²) in [6.45, 7) is 7.57. The number of anilines is 1. The van der Waals surface area contributed by atoms with Crippen LogP contribution in [0.25, 0.3) is 0 Å². The zero-order valence-corrected chi connectivity index (χ0v) is 23.4. The summed E-state index contributed by atoms with van der Waals surface area (Å²) in [5.74, 6) is -5.92. The molecule has 2 N–H and O–H groups in total. The second-order valence-corrected chi connectivity index (χ2v) is 11.8. The average Bonchev–Trinajstić information content (AvgIpc) is 3.06. The molecule has 0 saturated heterocycles. The van der Waals surface area contributed by atoms with Gasteiger partial charge in [-0.3, -0.25) is 9.59 Å². The van der Waals surface area contributed by atoms with Gasteiger partial charge in [0.1, 0.15) is 6.10 Å². The Kier molecular flexibility index (Phi) is 8.77. The minimum Gasteiger partial charge on any atom is -0.478 e. The van der Waals surface area contributed by atoms with E-state index in [4.69, 9.17) is 27.9 Å². The minimum atomic E-state index is -1.41. The first kappa shape index (κ1) is 30.1. The molecular formula is C28H29Cl2NO8. The van der Waals surface area contributed by atoms with Gasteiger partial charge < -0.3 is 19.8 Å². The first-order chi connectivity index (χ1) is 18.0. The van der Waals surface area contributed by atoms with Gasteiger partial charge in [0.15, 0.2) is 0 Å². The predicted molar refractivity (Wildman–Crippen MR) is 144 cm³/mol. The van der Waals surface area contributed by atoms with E-state index in [0.29, 0.717) is 5.56 Å². The van der Waals surface area contributed by atoms with Gasteiger partial charge in [0.05, 0.1) is 34.1 Å². The third-order valence-electron chi connectivity index (χ3n) is 6.95. The van der Waals surface area contributed by atoms with Gasteiger partial charge in [0.25, 0.3) is 0 Å². The van der Waals surface area contributed by atoms with Crippen molar-refractivity contribution in [2.75, 3.05) is 4.90 Å². The number of aromatic carboxylic acids is 2. The summed E-state index contributed by atoms with van der Waals surface area (Å²) in [4.78, 5) is 63.4. The third-order valence-corrected chi connectivity index (χ3v) is 7.69. The van der Waals surface area contributed by atoms with E-state index in [2.05, 4.69) is 0 Å². The van der Waals surface area contributed by atoms with Crippen LogP contribution in [0.1, 0.15) is 73.2 Å². The van der Waals surface area contributed by atoms with E-state index in [1.807, 2.05) is 27.7 Å². The van der Waals surface area contributed by atoms with Gasteiger partial charge in [0, 0.05) is 16.5 Å². The molecule has 0 atom stereocenters. The molecule has 39 heavy (non-hydrogen) atoms. The molecule has 1 fully saturated rings. The highest BCUT2D eigenvalue weighted by atomic mass is 35.5. The van der Waals surface area contributed by atoms with E-state index in [9.17, 15) is 34.2 Å². The molecule has 2 aromatic rings. The highest BCUT2D eigenvalue weighted by Crippen LogP contribution is 2.50. The van der Waals surface area contributed by atoms with Crippen LogP contribution in [-0.2, 0) is 25.7 Å². The molecule has 0 aliphatic heterocycles. The summed E-state index contributed by atoms with van der Waals surface area (Å²) >= 11 is 12.1. The van der Waals surface area contributed by atoms with Gasteiger partial charge in [0.2, 0.25) is 11.7 Å².